The highest BCUT2D eigenvalue weighted by molar-refractivity contribution is 7.90. The molecule has 1 aromatic rings. The lowest BCUT2D eigenvalue weighted by Gasteiger charge is -2.13. The van der Waals surface area contributed by atoms with Crippen LogP contribution in [0.15, 0.2) is 29.2 Å². The van der Waals surface area contributed by atoms with E-state index in [0.29, 0.717) is 17.3 Å². The zero-order chi connectivity index (χ0) is 12.5. The van der Waals surface area contributed by atoms with Crippen LogP contribution >= 0.6 is 12.6 Å². The van der Waals surface area contributed by atoms with E-state index in [1.165, 1.54) is 6.26 Å². The standard InChI is InChI=1S/C12H16O3S2/c1-17(13,14)11-4-2-10(3-5-11)15-8-12(9-16)6-7-12/h2-5,16H,6-9H2,1H3. The summed E-state index contributed by atoms with van der Waals surface area (Å²) >= 11 is 4.30. The maximum Gasteiger partial charge on any atom is 0.175 e. The minimum Gasteiger partial charge on any atom is -0.493 e. The van der Waals surface area contributed by atoms with Gasteiger partial charge >= 0.3 is 0 Å². The van der Waals surface area contributed by atoms with E-state index >= 15 is 0 Å². The van der Waals surface area contributed by atoms with Crippen LogP contribution in [0.3, 0.4) is 0 Å². The minimum atomic E-state index is -3.12. The monoisotopic (exact) mass is 272 g/mol. The molecule has 1 fully saturated rings. The Balaban J connectivity index is 1.99. The van der Waals surface area contributed by atoms with E-state index in [-0.39, 0.29) is 5.41 Å². The molecule has 94 valence electrons. The quantitative estimate of drug-likeness (QED) is 0.836. The van der Waals surface area contributed by atoms with Crippen molar-refractivity contribution in [3.63, 3.8) is 0 Å². The fraction of sp³-hybridized carbons (Fsp3) is 0.500. The Morgan fingerprint density at radius 2 is 1.88 bits per heavy atom. The van der Waals surface area contributed by atoms with Gasteiger partial charge < -0.3 is 4.74 Å². The van der Waals surface area contributed by atoms with Crippen LogP contribution in [0.25, 0.3) is 0 Å². The van der Waals surface area contributed by atoms with Gasteiger partial charge in [0.1, 0.15) is 5.75 Å². The highest BCUT2D eigenvalue weighted by Crippen LogP contribution is 2.46. The summed E-state index contributed by atoms with van der Waals surface area (Å²) in [5.41, 5.74) is 0.249. The van der Waals surface area contributed by atoms with Crippen molar-refractivity contribution in [1.82, 2.24) is 0 Å². The predicted molar refractivity (Wildman–Crippen MR) is 70.6 cm³/mol. The number of rotatable bonds is 5. The first kappa shape index (κ1) is 12.8. The Bertz CT molecular complexity index is 487. The van der Waals surface area contributed by atoms with E-state index in [1.807, 2.05) is 0 Å². The number of hydrogen-bond donors (Lipinski definition) is 1. The molecule has 0 N–H and O–H groups in total. The van der Waals surface area contributed by atoms with Gasteiger partial charge in [-0.25, -0.2) is 8.42 Å². The lowest BCUT2D eigenvalue weighted by Crippen LogP contribution is -2.14. The van der Waals surface area contributed by atoms with E-state index in [4.69, 9.17) is 4.74 Å². The predicted octanol–water partition coefficient (Wildman–Crippen LogP) is 2.18. The molecule has 0 saturated heterocycles. The summed E-state index contributed by atoms with van der Waals surface area (Å²) < 4.78 is 28.2. The highest BCUT2D eigenvalue weighted by Gasteiger charge is 2.42. The second-order valence-electron chi connectivity index (χ2n) is 4.69. The molecule has 0 aromatic heterocycles. The van der Waals surface area contributed by atoms with Gasteiger partial charge in [-0.2, -0.15) is 12.6 Å². The van der Waals surface area contributed by atoms with Crippen molar-refractivity contribution in [3.05, 3.63) is 24.3 Å². The van der Waals surface area contributed by atoms with Gasteiger partial charge in [0.2, 0.25) is 0 Å². The summed E-state index contributed by atoms with van der Waals surface area (Å²) in [6, 6.07) is 6.55. The summed E-state index contributed by atoms with van der Waals surface area (Å²) in [5, 5.41) is 0. The van der Waals surface area contributed by atoms with Gasteiger partial charge in [-0.3, -0.25) is 0 Å². The van der Waals surface area contributed by atoms with Crippen molar-refractivity contribution in [3.8, 4) is 5.75 Å². The summed E-state index contributed by atoms with van der Waals surface area (Å²) in [6.45, 7) is 0.661. The normalized spacial score (nSPS) is 17.8. The summed E-state index contributed by atoms with van der Waals surface area (Å²) in [7, 11) is -3.12. The zero-order valence-electron chi connectivity index (χ0n) is 9.72. The maximum atomic E-state index is 11.3. The third kappa shape index (κ3) is 3.16. The molecule has 0 amide bonds. The molecule has 0 radical (unpaired) electrons. The van der Waals surface area contributed by atoms with Gasteiger partial charge in [-0.15, -0.1) is 0 Å². The molecule has 1 saturated carbocycles. The smallest absolute Gasteiger partial charge is 0.175 e. The molecular weight excluding hydrogens is 256 g/mol. The second-order valence-corrected chi connectivity index (χ2v) is 7.02. The minimum absolute atomic E-state index is 0.249. The maximum absolute atomic E-state index is 11.3. The molecule has 0 spiro atoms. The van der Waals surface area contributed by atoms with Gasteiger partial charge in [0.25, 0.3) is 0 Å². The zero-order valence-corrected chi connectivity index (χ0v) is 11.4. The Morgan fingerprint density at radius 1 is 1.29 bits per heavy atom. The first-order valence-electron chi connectivity index (χ1n) is 5.49. The number of benzene rings is 1. The van der Waals surface area contributed by atoms with E-state index in [2.05, 4.69) is 12.6 Å². The lowest BCUT2D eigenvalue weighted by atomic mass is 10.2. The molecular formula is C12H16O3S2. The van der Waals surface area contributed by atoms with E-state index in [9.17, 15) is 8.42 Å². The van der Waals surface area contributed by atoms with Crippen LogP contribution in [0.4, 0.5) is 0 Å². The Kier molecular flexibility index (Phi) is 3.41. The summed E-state index contributed by atoms with van der Waals surface area (Å²) in [6.07, 6.45) is 3.53. The molecule has 1 aliphatic carbocycles. The summed E-state index contributed by atoms with van der Waals surface area (Å²) in [4.78, 5) is 0.320. The van der Waals surface area contributed by atoms with E-state index in [1.54, 1.807) is 24.3 Å². The molecule has 0 unspecified atom stereocenters. The largest absolute Gasteiger partial charge is 0.493 e. The third-order valence-corrected chi connectivity index (χ3v) is 4.89. The van der Waals surface area contributed by atoms with Crippen LogP contribution in [0.5, 0.6) is 5.75 Å². The van der Waals surface area contributed by atoms with Gasteiger partial charge in [0, 0.05) is 11.7 Å². The van der Waals surface area contributed by atoms with Crippen LogP contribution in [0.1, 0.15) is 12.8 Å². The molecule has 17 heavy (non-hydrogen) atoms. The first-order chi connectivity index (χ1) is 7.95. The molecule has 5 heteroatoms. The Hall–Kier alpha value is -0.680. The molecule has 2 rings (SSSR count). The third-order valence-electron chi connectivity index (χ3n) is 3.09. The fourth-order valence-electron chi connectivity index (χ4n) is 1.54. The average Bonchev–Trinajstić information content (AvgIpc) is 3.06. The van der Waals surface area contributed by atoms with Crippen molar-refractivity contribution in [1.29, 1.82) is 0 Å². The number of thiol groups is 1. The summed E-state index contributed by atoms with van der Waals surface area (Å²) in [5.74, 6) is 1.56. The highest BCUT2D eigenvalue weighted by atomic mass is 32.2. The van der Waals surface area contributed by atoms with Gasteiger partial charge in [0.05, 0.1) is 11.5 Å². The lowest BCUT2D eigenvalue weighted by molar-refractivity contribution is 0.250. The molecule has 1 aliphatic rings. The van der Waals surface area contributed by atoms with Crippen molar-refractivity contribution < 1.29 is 13.2 Å². The molecule has 1 aromatic carbocycles. The van der Waals surface area contributed by atoms with Crippen LogP contribution < -0.4 is 4.74 Å². The van der Waals surface area contributed by atoms with Crippen LogP contribution in [-0.2, 0) is 9.84 Å². The molecule has 3 nitrogen and oxygen atoms in total. The van der Waals surface area contributed by atoms with Gasteiger partial charge in [0.15, 0.2) is 9.84 Å². The second kappa shape index (κ2) is 4.53. The van der Waals surface area contributed by atoms with Gasteiger partial charge in [-0.05, 0) is 42.9 Å². The van der Waals surface area contributed by atoms with E-state index < -0.39 is 9.84 Å². The van der Waals surface area contributed by atoms with Crippen LogP contribution in [-0.4, -0.2) is 27.0 Å². The Morgan fingerprint density at radius 3 is 2.29 bits per heavy atom. The van der Waals surface area contributed by atoms with Crippen LogP contribution in [0, 0.1) is 5.41 Å². The number of hydrogen-bond acceptors (Lipinski definition) is 4. The van der Waals surface area contributed by atoms with Crippen LogP contribution in [0.2, 0.25) is 0 Å². The first-order valence-corrected chi connectivity index (χ1v) is 8.01. The molecule has 0 atom stereocenters. The Labute approximate surface area is 108 Å². The molecule has 0 bridgehead atoms. The van der Waals surface area contributed by atoms with E-state index in [0.717, 1.165) is 18.6 Å². The molecule has 0 aliphatic heterocycles. The van der Waals surface area contributed by atoms with Crippen molar-refractivity contribution >= 4 is 22.5 Å². The number of ether oxygens (including phenoxy) is 1. The van der Waals surface area contributed by atoms with Crippen molar-refractivity contribution in [2.45, 2.75) is 17.7 Å². The van der Waals surface area contributed by atoms with Gasteiger partial charge in [-0.1, -0.05) is 0 Å². The topological polar surface area (TPSA) is 43.4 Å². The number of sulfone groups is 1. The fourth-order valence-corrected chi connectivity index (χ4v) is 2.58. The SMILES string of the molecule is CS(=O)(=O)c1ccc(OCC2(CS)CC2)cc1. The molecule has 0 heterocycles. The average molecular weight is 272 g/mol. The van der Waals surface area contributed by atoms with Crippen molar-refractivity contribution in [2.24, 2.45) is 5.41 Å². The van der Waals surface area contributed by atoms with Crippen molar-refractivity contribution in [2.75, 3.05) is 18.6 Å².